The van der Waals surface area contributed by atoms with Crippen molar-refractivity contribution in [3.05, 3.63) is 0 Å². The molecule has 0 saturated carbocycles. The summed E-state index contributed by atoms with van der Waals surface area (Å²) < 4.78 is 5.42. The van der Waals surface area contributed by atoms with Gasteiger partial charge >= 0.3 is 0 Å². The molecule has 31 heavy (non-hydrogen) atoms. The van der Waals surface area contributed by atoms with Crippen molar-refractivity contribution in [2.75, 3.05) is 85.7 Å². The Bertz CT molecular complexity index is 550. The predicted molar refractivity (Wildman–Crippen MR) is 127 cm³/mol. The molecule has 3 fully saturated rings. The van der Waals surface area contributed by atoms with Crippen LogP contribution in [0.25, 0.3) is 0 Å². The van der Waals surface area contributed by atoms with Gasteiger partial charge in [-0.05, 0) is 72.8 Å². The lowest BCUT2D eigenvalue weighted by Crippen LogP contribution is -2.62. The minimum Gasteiger partial charge on any atom is -0.387 e. The van der Waals surface area contributed by atoms with Crippen LogP contribution in [0.5, 0.6) is 0 Å². The molecule has 3 rings (SSSR count). The van der Waals surface area contributed by atoms with E-state index in [9.17, 15) is 5.11 Å². The van der Waals surface area contributed by atoms with Gasteiger partial charge in [0.1, 0.15) is 0 Å². The number of guanidine groups is 1. The fourth-order valence-electron chi connectivity index (χ4n) is 5.14. The smallest absolute Gasteiger partial charge is 0.191 e. The Morgan fingerprint density at radius 1 is 1.03 bits per heavy atom. The summed E-state index contributed by atoms with van der Waals surface area (Å²) in [6.45, 7) is 14.7. The number of ether oxygens (including phenoxy) is 1. The first-order chi connectivity index (χ1) is 14.9. The highest BCUT2D eigenvalue weighted by molar-refractivity contribution is 5.79. The van der Waals surface area contributed by atoms with Crippen LogP contribution in [-0.2, 0) is 4.74 Å². The third-order valence-electron chi connectivity index (χ3n) is 7.12. The molecule has 8 heteroatoms. The van der Waals surface area contributed by atoms with Crippen molar-refractivity contribution in [1.82, 2.24) is 25.3 Å². The van der Waals surface area contributed by atoms with E-state index in [-0.39, 0.29) is 5.54 Å². The second-order valence-corrected chi connectivity index (χ2v) is 10.0. The van der Waals surface area contributed by atoms with Gasteiger partial charge in [-0.15, -0.1) is 0 Å². The van der Waals surface area contributed by atoms with E-state index in [2.05, 4.69) is 39.3 Å². The average molecular weight is 439 g/mol. The number of hydrogen-bond acceptors (Lipinski definition) is 6. The summed E-state index contributed by atoms with van der Waals surface area (Å²) >= 11 is 0. The van der Waals surface area contributed by atoms with Crippen molar-refractivity contribution in [2.45, 2.75) is 57.1 Å². The van der Waals surface area contributed by atoms with Gasteiger partial charge in [-0.2, -0.15) is 0 Å². The fourth-order valence-corrected chi connectivity index (χ4v) is 5.14. The van der Waals surface area contributed by atoms with Gasteiger partial charge in [-0.3, -0.25) is 14.8 Å². The van der Waals surface area contributed by atoms with Crippen LogP contribution in [0.1, 0.15) is 46.0 Å². The van der Waals surface area contributed by atoms with E-state index >= 15 is 0 Å². The fraction of sp³-hybridized carbons (Fsp3) is 0.957. The Labute approximate surface area is 189 Å². The lowest BCUT2D eigenvalue weighted by Gasteiger charge is -2.50. The van der Waals surface area contributed by atoms with E-state index < -0.39 is 5.60 Å². The largest absolute Gasteiger partial charge is 0.387 e. The van der Waals surface area contributed by atoms with E-state index in [1.165, 1.54) is 45.2 Å². The van der Waals surface area contributed by atoms with Gasteiger partial charge in [-0.25, -0.2) is 0 Å². The molecule has 1 atom stereocenters. The Morgan fingerprint density at radius 2 is 1.71 bits per heavy atom. The molecule has 0 aliphatic carbocycles. The van der Waals surface area contributed by atoms with Crippen molar-refractivity contribution < 1.29 is 9.84 Å². The van der Waals surface area contributed by atoms with E-state index in [0.717, 1.165) is 58.4 Å². The zero-order valence-electron chi connectivity index (χ0n) is 20.2. The standard InChI is InChI=1S/C23H46N6O2/c1-4-24-21(25-18-22(2,30)20-28-14-16-31-17-15-28)26-19-23(8-12-27(3)13-9-23)29-10-6-5-7-11-29/h30H,4-20H2,1-3H3,(H2,24,25,26). The molecule has 0 amide bonds. The van der Waals surface area contributed by atoms with Crippen molar-refractivity contribution in [3.63, 3.8) is 0 Å². The third kappa shape index (κ3) is 7.56. The molecule has 0 aromatic heterocycles. The molecule has 180 valence electrons. The van der Waals surface area contributed by atoms with Gasteiger partial charge in [0.05, 0.1) is 25.4 Å². The van der Waals surface area contributed by atoms with Crippen molar-refractivity contribution in [3.8, 4) is 0 Å². The minimum absolute atomic E-state index is 0.208. The van der Waals surface area contributed by atoms with Gasteiger partial charge in [0, 0.05) is 38.3 Å². The quantitative estimate of drug-likeness (QED) is 0.378. The lowest BCUT2D eigenvalue weighted by atomic mass is 9.84. The molecule has 3 N–H and O–H groups in total. The first-order valence-corrected chi connectivity index (χ1v) is 12.4. The van der Waals surface area contributed by atoms with Gasteiger partial charge in [0.25, 0.3) is 0 Å². The molecule has 0 aromatic rings. The molecule has 0 aromatic carbocycles. The first-order valence-electron chi connectivity index (χ1n) is 12.4. The number of piperidine rings is 2. The molecular formula is C23H46N6O2. The molecule has 0 spiro atoms. The number of likely N-dealkylation sites (tertiary alicyclic amines) is 2. The topological polar surface area (TPSA) is 75.6 Å². The number of hydrogen-bond donors (Lipinski definition) is 3. The molecule has 0 bridgehead atoms. The summed E-state index contributed by atoms with van der Waals surface area (Å²) in [5, 5.41) is 18.0. The number of morpholine rings is 1. The average Bonchev–Trinajstić information content (AvgIpc) is 2.78. The van der Waals surface area contributed by atoms with Gasteiger partial charge in [0.15, 0.2) is 5.96 Å². The first kappa shape index (κ1) is 24.7. The highest BCUT2D eigenvalue weighted by atomic mass is 16.5. The Hall–Kier alpha value is -0.930. The zero-order valence-corrected chi connectivity index (χ0v) is 20.2. The monoisotopic (exact) mass is 438 g/mol. The summed E-state index contributed by atoms with van der Waals surface area (Å²) in [7, 11) is 2.23. The van der Waals surface area contributed by atoms with Crippen LogP contribution in [0.15, 0.2) is 4.99 Å². The predicted octanol–water partition coefficient (Wildman–Crippen LogP) is 0.575. The molecule has 3 aliphatic rings. The van der Waals surface area contributed by atoms with E-state index in [1.807, 2.05) is 6.92 Å². The van der Waals surface area contributed by atoms with Gasteiger partial charge in [-0.1, -0.05) is 6.42 Å². The maximum absolute atomic E-state index is 10.9. The molecular weight excluding hydrogens is 392 g/mol. The highest BCUT2D eigenvalue weighted by Crippen LogP contribution is 2.30. The zero-order chi connectivity index (χ0) is 22.2. The Morgan fingerprint density at radius 3 is 2.35 bits per heavy atom. The number of nitrogens with zero attached hydrogens (tertiary/aromatic N) is 4. The number of aliphatic hydroxyl groups is 1. The van der Waals surface area contributed by atoms with Gasteiger partial charge in [0.2, 0.25) is 0 Å². The number of β-amino-alcohol motifs (C(OH)–C–C–N with tert-alkyl or cyclic N) is 1. The number of rotatable bonds is 8. The van der Waals surface area contributed by atoms with Gasteiger partial charge < -0.3 is 25.4 Å². The maximum atomic E-state index is 10.9. The molecule has 3 saturated heterocycles. The van der Waals surface area contributed by atoms with Crippen LogP contribution < -0.4 is 10.6 Å². The van der Waals surface area contributed by atoms with Crippen LogP contribution in [0, 0.1) is 0 Å². The second-order valence-electron chi connectivity index (χ2n) is 10.0. The third-order valence-corrected chi connectivity index (χ3v) is 7.12. The van der Waals surface area contributed by atoms with E-state index in [4.69, 9.17) is 9.73 Å². The SMILES string of the molecule is CCNC(=NCC(C)(O)CN1CCOCC1)NCC1(N2CCCCC2)CCN(C)CC1. The Balaban J connectivity index is 1.60. The molecule has 3 heterocycles. The summed E-state index contributed by atoms with van der Waals surface area (Å²) in [5.41, 5.74) is -0.642. The van der Waals surface area contributed by atoms with Crippen LogP contribution in [0.2, 0.25) is 0 Å². The van der Waals surface area contributed by atoms with Crippen molar-refractivity contribution in [2.24, 2.45) is 4.99 Å². The van der Waals surface area contributed by atoms with Crippen LogP contribution in [0.3, 0.4) is 0 Å². The molecule has 3 aliphatic heterocycles. The number of aliphatic imine (C=N–C) groups is 1. The molecule has 1 unspecified atom stereocenters. The molecule has 0 radical (unpaired) electrons. The highest BCUT2D eigenvalue weighted by Gasteiger charge is 2.39. The van der Waals surface area contributed by atoms with Crippen LogP contribution in [0.4, 0.5) is 0 Å². The summed E-state index contributed by atoms with van der Waals surface area (Å²) in [5.74, 6) is 0.820. The van der Waals surface area contributed by atoms with Crippen LogP contribution in [-0.4, -0.2) is 123 Å². The molecule has 8 nitrogen and oxygen atoms in total. The summed E-state index contributed by atoms with van der Waals surface area (Å²) in [4.78, 5) is 12.2. The Kier molecular flexibility index (Phi) is 9.40. The number of nitrogens with one attached hydrogen (secondary N) is 2. The maximum Gasteiger partial charge on any atom is 0.191 e. The van der Waals surface area contributed by atoms with E-state index in [1.54, 1.807) is 0 Å². The van der Waals surface area contributed by atoms with Crippen LogP contribution >= 0.6 is 0 Å². The summed E-state index contributed by atoms with van der Waals surface area (Å²) in [6.07, 6.45) is 6.39. The van der Waals surface area contributed by atoms with E-state index in [0.29, 0.717) is 13.1 Å². The minimum atomic E-state index is -0.849. The van der Waals surface area contributed by atoms with Crippen molar-refractivity contribution in [1.29, 1.82) is 0 Å². The summed E-state index contributed by atoms with van der Waals surface area (Å²) in [6, 6.07) is 0. The lowest BCUT2D eigenvalue weighted by molar-refractivity contribution is -0.0180. The second kappa shape index (κ2) is 11.8. The normalized spacial score (nSPS) is 26.4. The van der Waals surface area contributed by atoms with Crippen molar-refractivity contribution >= 4 is 5.96 Å².